The van der Waals surface area contributed by atoms with Crippen LogP contribution in [0.5, 0.6) is 5.75 Å². The van der Waals surface area contributed by atoms with Crippen LogP contribution in [0.25, 0.3) is 0 Å². The van der Waals surface area contributed by atoms with Gasteiger partial charge in [-0.3, -0.25) is 9.69 Å². The molecule has 3 aliphatic heterocycles. The van der Waals surface area contributed by atoms with Crippen LogP contribution in [0.3, 0.4) is 0 Å². The summed E-state index contributed by atoms with van der Waals surface area (Å²) in [6.07, 6.45) is 5.61. The number of sulfone groups is 1. The summed E-state index contributed by atoms with van der Waals surface area (Å²) < 4.78 is 30.3. The van der Waals surface area contributed by atoms with Crippen LogP contribution < -0.4 is 4.74 Å². The smallest absolute Gasteiger partial charge is 0.223 e. The zero-order valence-electron chi connectivity index (χ0n) is 17.6. The van der Waals surface area contributed by atoms with Gasteiger partial charge in [0.2, 0.25) is 5.91 Å². The Morgan fingerprint density at radius 3 is 2.87 bits per heavy atom. The highest BCUT2D eigenvalue weighted by molar-refractivity contribution is 7.91. The number of benzene rings is 1. The third-order valence-electron chi connectivity index (χ3n) is 6.66. The van der Waals surface area contributed by atoms with Crippen molar-refractivity contribution in [1.29, 1.82) is 0 Å². The summed E-state index contributed by atoms with van der Waals surface area (Å²) in [6.45, 7) is 7.72. The van der Waals surface area contributed by atoms with Crippen LogP contribution in [0.15, 0.2) is 36.9 Å². The van der Waals surface area contributed by atoms with E-state index < -0.39 is 15.4 Å². The number of carbonyl (C=O) groups excluding carboxylic acids is 1. The van der Waals surface area contributed by atoms with E-state index in [1.54, 1.807) is 0 Å². The molecule has 0 aliphatic carbocycles. The summed E-state index contributed by atoms with van der Waals surface area (Å²) in [7, 11) is -2.98. The summed E-state index contributed by atoms with van der Waals surface area (Å²) in [5.41, 5.74) is 0.619. The van der Waals surface area contributed by atoms with Crippen molar-refractivity contribution in [3.05, 3.63) is 42.5 Å². The van der Waals surface area contributed by atoms with Crippen molar-refractivity contribution in [2.75, 3.05) is 37.7 Å². The molecule has 1 aromatic rings. The fourth-order valence-corrected chi connectivity index (χ4v) is 6.91. The average Bonchev–Trinajstić information content (AvgIpc) is 2.86. The zero-order chi connectivity index (χ0) is 21.2. The minimum absolute atomic E-state index is 0.0453. The first-order valence-electron chi connectivity index (χ1n) is 11.0. The maximum absolute atomic E-state index is 13.3. The Bertz CT molecular complexity index is 900. The lowest BCUT2D eigenvalue weighted by Gasteiger charge is -2.36. The molecule has 0 N–H and O–H groups in total. The van der Waals surface area contributed by atoms with Crippen molar-refractivity contribution in [2.45, 2.75) is 44.2 Å². The molecule has 0 unspecified atom stereocenters. The predicted molar refractivity (Wildman–Crippen MR) is 117 cm³/mol. The zero-order valence-corrected chi connectivity index (χ0v) is 18.4. The van der Waals surface area contributed by atoms with Gasteiger partial charge < -0.3 is 9.64 Å². The molecule has 4 rings (SSSR count). The molecule has 1 spiro atoms. The van der Waals surface area contributed by atoms with Gasteiger partial charge in [0, 0.05) is 38.0 Å². The lowest BCUT2D eigenvalue weighted by Crippen LogP contribution is -2.48. The third kappa shape index (κ3) is 4.89. The molecule has 3 heterocycles. The number of carbonyl (C=O) groups is 1. The Balaban J connectivity index is 1.55. The fraction of sp³-hybridized carbons (Fsp3) is 0.609. The molecule has 1 aromatic carbocycles. The minimum atomic E-state index is -2.98. The van der Waals surface area contributed by atoms with E-state index in [0.717, 1.165) is 50.2 Å². The van der Waals surface area contributed by atoms with E-state index in [1.807, 2.05) is 35.2 Å². The van der Waals surface area contributed by atoms with Crippen molar-refractivity contribution in [3.8, 4) is 5.75 Å². The Labute approximate surface area is 179 Å². The SMILES string of the molecule is C=CCN1CCC[C@]2(CC1)CN(C(=O)C[C@@H]1CCS(=O)(=O)C1)Cc1ccccc1O2. The number of fused-ring (bicyclic) bond motifs is 1. The molecule has 30 heavy (non-hydrogen) atoms. The number of amides is 1. The van der Waals surface area contributed by atoms with Crippen LogP contribution >= 0.6 is 0 Å². The van der Waals surface area contributed by atoms with Crippen LogP contribution in [0, 0.1) is 5.92 Å². The molecule has 2 fully saturated rings. The molecule has 0 bridgehead atoms. The predicted octanol–water partition coefficient (Wildman–Crippen LogP) is 2.64. The van der Waals surface area contributed by atoms with Gasteiger partial charge in [0.25, 0.3) is 0 Å². The maximum Gasteiger partial charge on any atom is 0.223 e. The summed E-state index contributed by atoms with van der Waals surface area (Å²) in [4.78, 5) is 17.6. The molecule has 2 atom stereocenters. The topological polar surface area (TPSA) is 66.9 Å². The number of ether oxygens (including phenoxy) is 1. The number of rotatable bonds is 4. The van der Waals surface area contributed by atoms with Crippen LogP contribution in [0.2, 0.25) is 0 Å². The van der Waals surface area contributed by atoms with Gasteiger partial charge in [0.1, 0.15) is 11.4 Å². The van der Waals surface area contributed by atoms with Gasteiger partial charge >= 0.3 is 0 Å². The molecular weight excluding hydrogens is 400 g/mol. The van der Waals surface area contributed by atoms with Gasteiger partial charge in [-0.05, 0) is 37.8 Å². The summed E-state index contributed by atoms with van der Waals surface area (Å²) in [6, 6.07) is 7.98. The van der Waals surface area contributed by atoms with E-state index in [0.29, 0.717) is 25.9 Å². The van der Waals surface area contributed by atoms with E-state index in [-0.39, 0.29) is 23.3 Å². The second-order valence-electron chi connectivity index (χ2n) is 9.06. The van der Waals surface area contributed by atoms with Crippen LogP contribution in [-0.4, -0.2) is 67.4 Å². The molecule has 3 aliphatic rings. The second-order valence-corrected chi connectivity index (χ2v) is 11.3. The van der Waals surface area contributed by atoms with E-state index in [4.69, 9.17) is 4.74 Å². The van der Waals surface area contributed by atoms with Gasteiger partial charge in [0.05, 0.1) is 18.1 Å². The molecule has 2 saturated heterocycles. The molecule has 164 valence electrons. The number of likely N-dealkylation sites (tertiary alicyclic amines) is 1. The number of nitrogens with zero attached hydrogens (tertiary/aromatic N) is 2. The summed E-state index contributed by atoms with van der Waals surface area (Å²) in [5.74, 6) is 1.20. The van der Waals surface area contributed by atoms with E-state index in [2.05, 4.69) is 11.5 Å². The first kappa shape index (κ1) is 21.4. The number of para-hydroxylation sites is 1. The average molecular weight is 433 g/mol. The van der Waals surface area contributed by atoms with Crippen LogP contribution in [0.4, 0.5) is 0 Å². The summed E-state index contributed by atoms with van der Waals surface area (Å²) in [5, 5.41) is 0. The molecule has 0 radical (unpaired) electrons. The van der Waals surface area contributed by atoms with Crippen molar-refractivity contribution >= 4 is 15.7 Å². The highest BCUT2D eigenvalue weighted by Gasteiger charge is 2.41. The highest BCUT2D eigenvalue weighted by Crippen LogP contribution is 2.36. The second kappa shape index (κ2) is 8.71. The van der Waals surface area contributed by atoms with Crippen molar-refractivity contribution < 1.29 is 17.9 Å². The number of hydrogen-bond donors (Lipinski definition) is 0. The summed E-state index contributed by atoms with van der Waals surface area (Å²) >= 11 is 0. The monoisotopic (exact) mass is 432 g/mol. The Hall–Kier alpha value is -1.86. The van der Waals surface area contributed by atoms with Crippen LogP contribution in [-0.2, 0) is 21.2 Å². The van der Waals surface area contributed by atoms with Crippen LogP contribution in [0.1, 0.15) is 37.7 Å². The lowest BCUT2D eigenvalue weighted by molar-refractivity contribution is -0.135. The van der Waals surface area contributed by atoms with Crippen molar-refractivity contribution in [1.82, 2.24) is 9.80 Å². The Morgan fingerprint density at radius 1 is 1.27 bits per heavy atom. The first-order valence-corrected chi connectivity index (χ1v) is 12.8. The largest absolute Gasteiger partial charge is 0.485 e. The van der Waals surface area contributed by atoms with Gasteiger partial charge in [-0.25, -0.2) is 8.42 Å². The van der Waals surface area contributed by atoms with E-state index >= 15 is 0 Å². The highest BCUT2D eigenvalue weighted by atomic mass is 32.2. The van der Waals surface area contributed by atoms with E-state index in [9.17, 15) is 13.2 Å². The molecule has 6 nitrogen and oxygen atoms in total. The first-order chi connectivity index (χ1) is 14.4. The normalized spacial score (nSPS) is 28.9. The molecule has 7 heteroatoms. The Kier molecular flexibility index (Phi) is 6.21. The Morgan fingerprint density at radius 2 is 2.10 bits per heavy atom. The standard InChI is InChI=1S/C23H32N2O4S/c1-2-11-24-12-5-9-23(10-13-24)18-25(16-20-6-3-4-7-21(20)29-23)22(26)15-19-8-14-30(27,28)17-19/h2-4,6-7,19H,1,5,8-18H2/t19-,23-/m0/s1. The van der Waals surface area contributed by atoms with Gasteiger partial charge in [-0.15, -0.1) is 6.58 Å². The molecule has 1 amide bonds. The van der Waals surface area contributed by atoms with Gasteiger partial charge in [-0.2, -0.15) is 0 Å². The molecule has 0 aromatic heterocycles. The number of hydrogen-bond acceptors (Lipinski definition) is 5. The molecular formula is C23H32N2O4S. The van der Waals surface area contributed by atoms with Crippen molar-refractivity contribution in [3.63, 3.8) is 0 Å². The maximum atomic E-state index is 13.3. The van der Waals surface area contributed by atoms with Gasteiger partial charge in [0.15, 0.2) is 9.84 Å². The third-order valence-corrected chi connectivity index (χ3v) is 8.50. The quantitative estimate of drug-likeness (QED) is 0.685. The lowest BCUT2D eigenvalue weighted by atomic mass is 9.93. The van der Waals surface area contributed by atoms with Crippen molar-refractivity contribution in [2.24, 2.45) is 5.92 Å². The van der Waals surface area contributed by atoms with E-state index in [1.165, 1.54) is 0 Å². The minimum Gasteiger partial charge on any atom is -0.485 e. The molecule has 0 saturated carbocycles. The van der Waals surface area contributed by atoms with Gasteiger partial charge in [-0.1, -0.05) is 24.3 Å². The fourth-order valence-electron chi connectivity index (χ4n) is 5.04.